The summed E-state index contributed by atoms with van der Waals surface area (Å²) < 4.78 is 1.58. The smallest absolute Gasteiger partial charge is 0.305 e. The number of amides is 2. The number of aryl methyl sites for hydroxylation is 3. The number of aromatic nitrogens is 2. The van der Waals surface area contributed by atoms with Crippen molar-refractivity contribution in [2.24, 2.45) is 0 Å². The van der Waals surface area contributed by atoms with E-state index in [1.165, 1.54) is 0 Å². The molecule has 0 saturated heterocycles. The highest BCUT2D eigenvalue weighted by atomic mass is 16.4. The number of hydrogen-bond donors (Lipinski definition) is 3. The van der Waals surface area contributed by atoms with Gasteiger partial charge in [0.25, 0.3) is 5.91 Å². The molecule has 0 radical (unpaired) electrons. The number of anilines is 2. The highest BCUT2D eigenvalue weighted by molar-refractivity contribution is 6.05. The monoisotopic (exact) mass is 356 g/mol. The van der Waals surface area contributed by atoms with Crippen molar-refractivity contribution < 1.29 is 19.5 Å². The molecular formula is C18H20N4O4. The minimum Gasteiger partial charge on any atom is -0.481 e. The average molecular weight is 356 g/mol. The maximum absolute atomic E-state index is 12.6. The second kappa shape index (κ2) is 6.99. The minimum atomic E-state index is -0.899. The molecule has 3 rings (SSSR count). The zero-order valence-corrected chi connectivity index (χ0v) is 14.6. The first-order chi connectivity index (χ1) is 12.3. The molecule has 136 valence electrons. The van der Waals surface area contributed by atoms with Crippen LogP contribution in [0.2, 0.25) is 0 Å². The Balaban J connectivity index is 1.78. The van der Waals surface area contributed by atoms with Crippen molar-refractivity contribution in [1.29, 1.82) is 0 Å². The van der Waals surface area contributed by atoms with E-state index >= 15 is 0 Å². The highest BCUT2D eigenvalue weighted by Crippen LogP contribution is 2.25. The largest absolute Gasteiger partial charge is 0.481 e. The van der Waals surface area contributed by atoms with E-state index in [0.717, 1.165) is 11.3 Å². The number of nitrogens with one attached hydrogen (secondary N) is 2. The summed E-state index contributed by atoms with van der Waals surface area (Å²) in [6.45, 7) is 3.80. The normalized spacial score (nSPS) is 13.1. The summed E-state index contributed by atoms with van der Waals surface area (Å²) in [5.41, 5.74) is 4.10. The van der Waals surface area contributed by atoms with Crippen molar-refractivity contribution in [2.75, 3.05) is 10.6 Å². The Bertz CT molecular complexity index is 901. The van der Waals surface area contributed by atoms with E-state index in [0.29, 0.717) is 35.5 Å². The van der Waals surface area contributed by atoms with Gasteiger partial charge in [0.05, 0.1) is 30.0 Å². The van der Waals surface area contributed by atoms with E-state index < -0.39 is 5.97 Å². The molecule has 8 nitrogen and oxygen atoms in total. The SMILES string of the molecule is Cc1nn(CCC(=O)O)c(C)c1NC(=O)c1ccc2c(c1)CCC(=O)N2. The van der Waals surface area contributed by atoms with E-state index in [9.17, 15) is 14.4 Å². The number of aliphatic carboxylic acids is 1. The van der Waals surface area contributed by atoms with Crippen LogP contribution in [0.5, 0.6) is 0 Å². The molecule has 1 aromatic heterocycles. The van der Waals surface area contributed by atoms with E-state index in [2.05, 4.69) is 15.7 Å². The van der Waals surface area contributed by atoms with Crippen LogP contribution in [0.15, 0.2) is 18.2 Å². The summed E-state index contributed by atoms with van der Waals surface area (Å²) in [6, 6.07) is 5.18. The Kier molecular flexibility index (Phi) is 4.75. The molecule has 0 aliphatic carbocycles. The number of fused-ring (bicyclic) bond motifs is 1. The van der Waals surface area contributed by atoms with Gasteiger partial charge in [0.2, 0.25) is 5.91 Å². The molecular weight excluding hydrogens is 336 g/mol. The van der Waals surface area contributed by atoms with Crippen molar-refractivity contribution in [3.63, 3.8) is 0 Å². The molecule has 1 aromatic carbocycles. The van der Waals surface area contributed by atoms with Crippen LogP contribution >= 0.6 is 0 Å². The van der Waals surface area contributed by atoms with Crippen molar-refractivity contribution in [3.05, 3.63) is 40.7 Å². The lowest BCUT2D eigenvalue weighted by Gasteiger charge is -2.17. The van der Waals surface area contributed by atoms with Gasteiger partial charge in [-0.1, -0.05) is 0 Å². The number of carbonyl (C=O) groups is 3. The number of carboxylic acids is 1. The van der Waals surface area contributed by atoms with Crippen LogP contribution in [0.4, 0.5) is 11.4 Å². The van der Waals surface area contributed by atoms with Gasteiger partial charge in [-0.2, -0.15) is 5.10 Å². The van der Waals surface area contributed by atoms with Gasteiger partial charge in [-0.25, -0.2) is 0 Å². The fraction of sp³-hybridized carbons (Fsp3) is 0.333. The molecule has 26 heavy (non-hydrogen) atoms. The van der Waals surface area contributed by atoms with Gasteiger partial charge in [-0.15, -0.1) is 0 Å². The van der Waals surface area contributed by atoms with Gasteiger partial charge < -0.3 is 15.7 Å². The molecule has 3 N–H and O–H groups in total. The summed E-state index contributed by atoms with van der Waals surface area (Å²) in [5, 5.41) is 18.8. The number of carbonyl (C=O) groups excluding carboxylic acids is 2. The number of nitrogens with zero attached hydrogens (tertiary/aromatic N) is 2. The van der Waals surface area contributed by atoms with Crippen molar-refractivity contribution >= 4 is 29.2 Å². The van der Waals surface area contributed by atoms with Crippen LogP contribution in [0.25, 0.3) is 0 Å². The molecule has 2 aromatic rings. The van der Waals surface area contributed by atoms with Crippen molar-refractivity contribution in [3.8, 4) is 0 Å². The zero-order valence-electron chi connectivity index (χ0n) is 14.6. The van der Waals surface area contributed by atoms with Gasteiger partial charge >= 0.3 is 5.97 Å². The molecule has 0 unspecified atom stereocenters. The molecule has 2 amide bonds. The Labute approximate surface area is 150 Å². The molecule has 8 heteroatoms. The average Bonchev–Trinajstić information content (AvgIpc) is 2.87. The standard InChI is InChI=1S/C18H20N4O4/c1-10-17(11(2)22(21-10)8-7-16(24)25)20-18(26)13-3-5-14-12(9-13)4-6-15(23)19-14/h3,5,9H,4,6-8H2,1-2H3,(H,19,23)(H,20,26)(H,24,25). The summed E-state index contributed by atoms with van der Waals surface area (Å²) in [6.07, 6.45) is 0.978. The first kappa shape index (κ1) is 17.7. The number of hydrogen-bond acceptors (Lipinski definition) is 4. The van der Waals surface area contributed by atoms with Crippen LogP contribution in [0.3, 0.4) is 0 Å². The van der Waals surface area contributed by atoms with Gasteiger partial charge in [0.15, 0.2) is 0 Å². The minimum absolute atomic E-state index is 0.0188. The fourth-order valence-corrected chi connectivity index (χ4v) is 3.01. The second-order valence-electron chi connectivity index (χ2n) is 6.29. The summed E-state index contributed by atoms with van der Waals surface area (Å²) >= 11 is 0. The molecule has 1 aliphatic rings. The third kappa shape index (κ3) is 3.58. The number of carboxylic acid groups (broad SMARTS) is 1. The second-order valence-corrected chi connectivity index (χ2v) is 6.29. The first-order valence-corrected chi connectivity index (χ1v) is 8.35. The molecule has 0 fully saturated rings. The first-order valence-electron chi connectivity index (χ1n) is 8.35. The summed E-state index contributed by atoms with van der Waals surface area (Å²) in [5.74, 6) is -1.19. The summed E-state index contributed by atoms with van der Waals surface area (Å²) in [7, 11) is 0. The Morgan fingerprint density at radius 2 is 2.08 bits per heavy atom. The molecule has 1 aliphatic heterocycles. The van der Waals surface area contributed by atoms with Crippen LogP contribution in [0.1, 0.15) is 40.2 Å². The van der Waals surface area contributed by atoms with E-state index in [-0.39, 0.29) is 24.8 Å². The van der Waals surface area contributed by atoms with Gasteiger partial charge in [-0.05, 0) is 44.0 Å². The topological polar surface area (TPSA) is 113 Å². The van der Waals surface area contributed by atoms with Gasteiger partial charge in [-0.3, -0.25) is 19.1 Å². The molecule has 2 heterocycles. The third-order valence-electron chi connectivity index (χ3n) is 4.42. The lowest BCUT2D eigenvalue weighted by atomic mass is 10.00. The third-order valence-corrected chi connectivity index (χ3v) is 4.42. The lowest BCUT2D eigenvalue weighted by Crippen LogP contribution is -2.20. The Morgan fingerprint density at radius 3 is 2.81 bits per heavy atom. The van der Waals surface area contributed by atoms with Crippen LogP contribution in [0, 0.1) is 13.8 Å². The summed E-state index contributed by atoms with van der Waals surface area (Å²) in [4.78, 5) is 34.8. The van der Waals surface area contributed by atoms with Crippen molar-refractivity contribution in [1.82, 2.24) is 9.78 Å². The van der Waals surface area contributed by atoms with Crippen LogP contribution in [-0.2, 0) is 22.6 Å². The maximum Gasteiger partial charge on any atom is 0.305 e. The van der Waals surface area contributed by atoms with Crippen molar-refractivity contribution in [2.45, 2.75) is 39.7 Å². The molecule has 0 saturated carbocycles. The fourth-order valence-electron chi connectivity index (χ4n) is 3.01. The van der Waals surface area contributed by atoms with E-state index in [1.807, 2.05) is 0 Å². The predicted octanol–water partition coefficient (Wildman–Crippen LogP) is 2.11. The predicted molar refractivity (Wildman–Crippen MR) is 95.3 cm³/mol. The Hall–Kier alpha value is -3.16. The lowest BCUT2D eigenvalue weighted by molar-refractivity contribution is -0.137. The highest BCUT2D eigenvalue weighted by Gasteiger charge is 2.19. The number of benzene rings is 1. The molecule has 0 bridgehead atoms. The zero-order chi connectivity index (χ0) is 18.8. The Morgan fingerprint density at radius 1 is 1.31 bits per heavy atom. The van der Waals surface area contributed by atoms with E-state index in [4.69, 9.17) is 5.11 Å². The van der Waals surface area contributed by atoms with Gasteiger partial charge in [0, 0.05) is 17.7 Å². The molecule has 0 atom stereocenters. The van der Waals surface area contributed by atoms with Gasteiger partial charge in [0.1, 0.15) is 0 Å². The number of rotatable bonds is 5. The van der Waals surface area contributed by atoms with E-state index in [1.54, 1.807) is 36.7 Å². The molecule has 0 spiro atoms. The quantitative estimate of drug-likeness (QED) is 0.759. The van der Waals surface area contributed by atoms with Crippen LogP contribution in [-0.4, -0.2) is 32.7 Å². The maximum atomic E-state index is 12.6. The van der Waals surface area contributed by atoms with Crippen LogP contribution < -0.4 is 10.6 Å².